The van der Waals surface area contributed by atoms with Crippen LogP contribution in [0.15, 0.2) is 22.8 Å². The molecule has 0 heterocycles. The van der Waals surface area contributed by atoms with Gasteiger partial charge in [-0.1, -0.05) is 36.2 Å². The Morgan fingerprint density at radius 2 is 2.18 bits per heavy atom. The van der Waals surface area contributed by atoms with Crippen LogP contribution in [0.1, 0.15) is 13.8 Å². The first-order valence-electron chi connectivity index (χ1n) is 3.42. The molecule has 0 bridgehead atoms. The maximum atomic E-state index is 9.65. The molecule has 1 N–H and O–H groups in total. The lowest BCUT2D eigenvalue weighted by Crippen LogP contribution is -2.32. The zero-order chi connectivity index (χ0) is 8.65. The fraction of sp³-hybridized carbons (Fsp3) is 0.500. The predicted molar refractivity (Wildman–Crippen MR) is 47.7 cm³/mol. The van der Waals surface area contributed by atoms with Gasteiger partial charge in [0, 0.05) is 11.0 Å². The molecule has 0 radical (unpaired) electrons. The third-order valence-corrected chi connectivity index (χ3v) is 3.06. The van der Waals surface area contributed by atoms with Gasteiger partial charge in [0.05, 0.1) is 0 Å². The Morgan fingerprint density at radius 3 is 2.64 bits per heavy atom. The fourth-order valence-electron chi connectivity index (χ4n) is 0.990. The van der Waals surface area contributed by atoms with Gasteiger partial charge in [-0.2, -0.15) is 0 Å². The molecule has 2 unspecified atom stereocenters. The molecule has 62 valence electrons. The van der Waals surface area contributed by atoms with Crippen LogP contribution in [0.25, 0.3) is 0 Å². The predicted octanol–water partition coefficient (Wildman–Crippen LogP) is 2.63. The van der Waals surface area contributed by atoms with Crippen LogP contribution in [0.3, 0.4) is 0 Å². The second-order valence-electron chi connectivity index (χ2n) is 2.79. The molecular weight excluding hydrogens is 183 g/mol. The van der Waals surface area contributed by atoms with E-state index in [9.17, 15) is 5.11 Å². The molecule has 0 fully saturated rings. The van der Waals surface area contributed by atoms with Crippen LogP contribution < -0.4 is 0 Å². The number of rotatable bonds is 0. The largest absolute Gasteiger partial charge is 0.371 e. The van der Waals surface area contributed by atoms with Gasteiger partial charge >= 0.3 is 0 Å². The summed E-state index contributed by atoms with van der Waals surface area (Å²) in [5, 5.41) is 8.88. The van der Waals surface area contributed by atoms with E-state index in [0.29, 0.717) is 10.6 Å². The smallest absolute Gasteiger partial charge is 0.167 e. The molecule has 2 atom stereocenters. The van der Waals surface area contributed by atoms with Crippen molar-refractivity contribution in [2.24, 2.45) is 5.92 Å². The van der Waals surface area contributed by atoms with Crippen molar-refractivity contribution >= 4 is 23.2 Å². The van der Waals surface area contributed by atoms with Gasteiger partial charge in [-0.3, -0.25) is 0 Å². The van der Waals surface area contributed by atoms with Crippen LogP contribution in [0.2, 0.25) is 0 Å². The van der Waals surface area contributed by atoms with E-state index in [4.69, 9.17) is 23.2 Å². The molecule has 1 nitrogen and oxygen atoms in total. The summed E-state index contributed by atoms with van der Waals surface area (Å²) in [7, 11) is 0. The van der Waals surface area contributed by atoms with Crippen LogP contribution in [0.4, 0.5) is 0 Å². The maximum Gasteiger partial charge on any atom is 0.167 e. The summed E-state index contributed by atoms with van der Waals surface area (Å²) < 4.78 is 0. The quantitative estimate of drug-likeness (QED) is 0.586. The minimum atomic E-state index is -1.30. The normalized spacial score (nSPS) is 38.1. The fourth-order valence-corrected chi connectivity index (χ4v) is 1.43. The highest BCUT2D eigenvalue weighted by atomic mass is 35.5. The van der Waals surface area contributed by atoms with Crippen LogP contribution in [-0.2, 0) is 0 Å². The first kappa shape index (κ1) is 9.11. The van der Waals surface area contributed by atoms with E-state index >= 15 is 0 Å². The third-order valence-electron chi connectivity index (χ3n) is 2.02. The summed E-state index contributed by atoms with van der Waals surface area (Å²) in [6.45, 7) is 3.58. The summed E-state index contributed by atoms with van der Waals surface area (Å²) >= 11 is 11.6. The van der Waals surface area contributed by atoms with E-state index in [2.05, 4.69) is 0 Å². The van der Waals surface area contributed by atoms with Crippen molar-refractivity contribution in [2.45, 2.75) is 18.9 Å². The highest BCUT2D eigenvalue weighted by Crippen LogP contribution is 2.37. The molecule has 0 aromatic rings. The van der Waals surface area contributed by atoms with Gasteiger partial charge < -0.3 is 5.11 Å². The van der Waals surface area contributed by atoms with Crippen molar-refractivity contribution in [3.05, 3.63) is 22.8 Å². The zero-order valence-electron chi connectivity index (χ0n) is 6.44. The minimum Gasteiger partial charge on any atom is -0.371 e. The van der Waals surface area contributed by atoms with Gasteiger partial charge in [0.1, 0.15) is 0 Å². The van der Waals surface area contributed by atoms with E-state index in [-0.39, 0.29) is 5.92 Å². The van der Waals surface area contributed by atoms with Crippen LogP contribution in [0.5, 0.6) is 0 Å². The number of aliphatic hydroxyl groups is 1. The van der Waals surface area contributed by atoms with Gasteiger partial charge in [-0.15, -0.1) is 0 Å². The monoisotopic (exact) mass is 192 g/mol. The van der Waals surface area contributed by atoms with E-state index in [1.807, 2.05) is 6.92 Å². The standard InChI is InChI=1S/C8H10Cl2O/c1-5-3-4-7(9)6(2)8(5,10)11/h3-5,11H,1-2H3. The van der Waals surface area contributed by atoms with E-state index in [1.165, 1.54) is 0 Å². The Kier molecular flexibility index (Phi) is 2.33. The van der Waals surface area contributed by atoms with Crippen molar-refractivity contribution in [2.75, 3.05) is 0 Å². The van der Waals surface area contributed by atoms with Gasteiger partial charge in [0.25, 0.3) is 0 Å². The molecule has 3 heteroatoms. The molecule has 0 saturated heterocycles. The first-order valence-corrected chi connectivity index (χ1v) is 4.18. The highest BCUT2D eigenvalue weighted by molar-refractivity contribution is 6.33. The summed E-state index contributed by atoms with van der Waals surface area (Å²) in [6.07, 6.45) is 3.56. The molecule has 0 spiro atoms. The molecule has 0 saturated carbocycles. The number of hydrogen-bond donors (Lipinski definition) is 1. The maximum absolute atomic E-state index is 9.65. The molecule has 11 heavy (non-hydrogen) atoms. The van der Waals surface area contributed by atoms with Crippen molar-refractivity contribution in [1.82, 2.24) is 0 Å². The van der Waals surface area contributed by atoms with Gasteiger partial charge in [-0.25, -0.2) is 0 Å². The topological polar surface area (TPSA) is 20.2 Å². The Labute approximate surface area is 76.3 Å². The second-order valence-corrected chi connectivity index (χ2v) is 3.78. The molecule has 0 aromatic carbocycles. The number of hydrogen-bond acceptors (Lipinski definition) is 1. The minimum absolute atomic E-state index is 0.0910. The van der Waals surface area contributed by atoms with Crippen LogP contribution in [0, 0.1) is 5.92 Å². The first-order chi connectivity index (χ1) is 4.96. The van der Waals surface area contributed by atoms with Crippen molar-refractivity contribution in [3.8, 4) is 0 Å². The lowest BCUT2D eigenvalue weighted by atomic mass is 9.93. The number of allylic oxidation sites excluding steroid dienone is 2. The summed E-state index contributed by atoms with van der Waals surface area (Å²) in [6, 6.07) is 0. The molecule has 1 aliphatic carbocycles. The Morgan fingerprint density at radius 1 is 1.64 bits per heavy atom. The summed E-state index contributed by atoms with van der Waals surface area (Å²) in [5.74, 6) is -0.0910. The van der Waals surface area contributed by atoms with Crippen molar-refractivity contribution in [3.63, 3.8) is 0 Å². The molecule has 0 amide bonds. The molecule has 0 aromatic heterocycles. The SMILES string of the molecule is CC1=C(Cl)C=CC(C)C1(O)Cl. The van der Waals surface area contributed by atoms with Crippen molar-refractivity contribution < 1.29 is 5.11 Å². The average molecular weight is 193 g/mol. The van der Waals surface area contributed by atoms with E-state index in [0.717, 1.165) is 0 Å². The average Bonchev–Trinajstić information content (AvgIpc) is 1.95. The lowest BCUT2D eigenvalue weighted by Gasteiger charge is -2.30. The zero-order valence-corrected chi connectivity index (χ0v) is 7.95. The summed E-state index contributed by atoms with van der Waals surface area (Å²) in [5.41, 5.74) is 0.621. The van der Waals surface area contributed by atoms with Gasteiger partial charge in [-0.05, 0) is 18.6 Å². The number of alkyl halides is 1. The van der Waals surface area contributed by atoms with Crippen molar-refractivity contribution in [1.29, 1.82) is 0 Å². The molecule has 0 aliphatic heterocycles. The Hall–Kier alpha value is 0.0200. The van der Waals surface area contributed by atoms with E-state index < -0.39 is 5.06 Å². The van der Waals surface area contributed by atoms with Gasteiger partial charge in [0.15, 0.2) is 5.06 Å². The van der Waals surface area contributed by atoms with Gasteiger partial charge in [0.2, 0.25) is 0 Å². The Bertz CT molecular complexity index is 228. The summed E-state index contributed by atoms with van der Waals surface area (Å²) in [4.78, 5) is 0. The van der Waals surface area contributed by atoms with E-state index in [1.54, 1.807) is 19.1 Å². The number of halogens is 2. The van der Waals surface area contributed by atoms with Crippen LogP contribution >= 0.6 is 23.2 Å². The Balaban J connectivity index is 3.07. The third kappa shape index (κ3) is 1.46. The lowest BCUT2D eigenvalue weighted by molar-refractivity contribution is 0.126. The molecule has 1 aliphatic rings. The van der Waals surface area contributed by atoms with Crippen LogP contribution in [-0.4, -0.2) is 10.2 Å². The highest BCUT2D eigenvalue weighted by Gasteiger charge is 2.35. The molecular formula is C8H10Cl2O. The second kappa shape index (κ2) is 2.81. The molecule has 1 rings (SSSR count).